The molecule has 0 unspecified atom stereocenters. The Morgan fingerprint density at radius 2 is 2.28 bits per heavy atom. The lowest BCUT2D eigenvalue weighted by Crippen LogP contribution is -2.27. The van der Waals surface area contributed by atoms with Crippen molar-refractivity contribution < 1.29 is 0 Å². The van der Waals surface area contributed by atoms with Crippen LogP contribution in [-0.4, -0.2) is 29.1 Å². The molecule has 7 nitrogen and oxygen atoms in total. The van der Waals surface area contributed by atoms with E-state index in [4.69, 9.17) is 0 Å². The molecule has 3 heterocycles. The van der Waals surface area contributed by atoms with E-state index in [0.717, 1.165) is 18.4 Å². The Morgan fingerprint density at radius 3 is 3.06 bits per heavy atom. The Morgan fingerprint density at radius 1 is 1.44 bits per heavy atom. The quantitative estimate of drug-likeness (QED) is 0.740. The van der Waals surface area contributed by atoms with E-state index in [0.29, 0.717) is 22.6 Å². The van der Waals surface area contributed by atoms with Crippen molar-refractivity contribution in [2.45, 2.75) is 26.3 Å². The van der Waals surface area contributed by atoms with E-state index < -0.39 is 0 Å². The molecule has 0 saturated heterocycles. The summed E-state index contributed by atoms with van der Waals surface area (Å²) < 4.78 is 3.66. The van der Waals surface area contributed by atoms with Crippen molar-refractivity contribution in [3.05, 3.63) is 21.5 Å². The SMILES string of the molecule is CCCCn1c(=O)n2cnnc2c2[nH]c(Br)nc21. The summed E-state index contributed by atoms with van der Waals surface area (Å²) in [6, 6.07) is 0. The van der Waals surface area contributed by atoms with Crippen molar-refractivity contribution >= 4 is 32.7 Å². The number of fused-ring (bicyclic) bond motifs is 3. The molecule has 0 amide bonds. The molecular weight excluding hydrogens is 300 g/mol. The molecule has 0 atom stereocenters. The molecule has 0 saturated carbocycles. The van der Waals surface area contributed by atoms with Crippen molar-refractivity contribution in [2.24, 2.45) is 0 Å². The van der Waals surface area contributed by atoms with Gasteiger partial charge in [0.1, 0.15) is 11.8 Å². The van der Waals surface area contributed by atoms with Gasteiger partial charge in [-0.2, -0.15) is 0 Å². The molecule has 94 valence electrons. The van der Waals surface area contributed by atoms with Crippen LogP contribution in [0, 0.1) is 0 Å². The third-order valence-electron chi connectivity index (χ3n) is 2.86. The summed E-state index contributed by atoms with van der Waals surface area (Å²) in [6.07, 6.45) is 3.36. The highest BCUT2D eigenvalue weighted by Crippen LogP contribution is 2.17. The van der Waals surface area contributed by atoms with Gasteiger partial charge in [0.15, 0.2) is 16.0 Å². The van der Waals surface area contributed by atoms with Gasteiger partial charge in [0.25, 0.3) is 0 Å². The average molecular weight is 311 g/mol. The lowest BCUT2D eigenvalue weighted by molar-refractivity contribution is 0.610. The molecule has 0 fully saturated rings. The van der Waals surface area contributed by atoms with Crippen molar-refractivity contribution in [1.82, 2.24) is 29.1 Å². The maximum absolute atomic E-state index is 12.3. The predicted molar refractivity (Wildman–Crippen MR) is 69.5 cm³/mol. The Labute approximate surface area is 110 Å². The van der Waals surface area contributed by atoms with Gasteiger partial charge < -0.3 is 4.98 Å². The lowest BCUT2D eigenvalue weighted by atomic mass is 10.3. The number of halogens is 1. The molecular formula is C10H11BrN6O. The zero-order valence-electron chi connectivity index (χ0n) is 9.72. The van der Waals surface area contributed by atoms with Crippen LogP contribution in [0.4, 0.5) is 0 Å². The van der Waals surface area contributed by atoms with Gasteiger partial charge in [0, 0.05) is 6.54 Å². The molecule has 18 heavy (non-hydrogen) atoms. The average Bonchev–Trinajstić information content (AvgIpc) is 2.94. The second kappa shape index (κ2) is 4.20. The first kappa shape index (κ1) is 11.4. The summed E-state index contributed by atoms with van der Waals surface area (Å²) in [5.74, 6) is 0. The van der Waals surface area contributed by atoms with E-state index in [9.17, 15) is 4.79 Å². The summed E-state index contributed by atoms with van der Waals surface area (Å²) in [7, 11) is 0. The Hall–Kier alpha value is -1.70. The van der Waals surface area contributed by atoms with Gasteiger partial charge in [-0.15, -0.1) is 10.2 Å². The van der Waals surface area contributed by atoms with Crippen molar-refractivity contribution in [3.8, 4) is 0 Å². The maximum atomic E-state index is 12.3. The number of unbranched alkanes of at least 4 members (excludes halogenated alkanes) is 1. The van der Waals surface area contributed by atoms with Crippen LogP contribution in [0.15, 0.2) is 15.9 Å². The van der Waals surface area contributed by atoms with Crippen molar-refractivity contribution in [2.75, 3.05) is 0 Å². The van der Waals surface area contributed by atoms with Crippen molar-refractivity contribution in [3.63, 3.8) is 0 Å². The first-order valence-corrected chi connectivity index (χ1v) is 6.49. The number of aromatic nitrogens is 6. The second-order valence-corrected chi connectivity index (χ2v) is 4.79. The zero-order valence-corrected chi connectivity index (χ0v) is 11.3. The van der Waals surface area contributed by atoms with Gasteiger partial charge >= 0.3 is 5.69 Å². The Balaban J connectivity index is 2.41. The number of rotatable bonds is 3. The standard InChI is InChI=1S/C10H11BrN6O/c1-2-3-4-16-7-6(13-9(11)14-7)8-15-12-5-17(8)10(16)18/h5H,2-4H2,1H3,(H,13,14). The minimum absolute atomic E-state index is 0.157. The Bertz CT molecular complexity index is 770. The van der Waals surface area contributed by atoms with E-state index in [-0.39, 0.29) is 5.69 Å². The van der Waals surface area contributed by atoms with Gasteiger partial charge in [-0.05, 0) is 22.4 Å². The van der Waals surface area contributed by atoms with E-state index in [1.165, 1.54) is 10.7 Å². The molecule has 3 aromatic rings. The summed E-state index contributed by atoms with van der Waals surface area (Å²) in [4.78, 5) is 19.6. The van der Waals surface area contributed by atoms with Crippen LogP contribution in [0.3, 0.4) is 0 Å². The molecule has 0 radical (unpaired) electrons. The molecule has 8 heteroatoms. The number of hydrogen-bond acceptors (Lipinski definition) is 4. The van der Waals surface area contributed by atoms with Gasteiger partial charge in [0.2, 0.25) is 0 Å². The van der Waals surface area contributed by atoms with Crippen LogP contribution >= 0.6 is 15.9 Å². The zero-order chi connectivity index (χ0) is 12.7. The summed E-state index contributed by atoms with van der Waals surface area (Å²) >= 11 is 3.29. The van der Waals surface area contributed by atoms with Crippen LogP contribution in [0.1, 0.15) is 19.8 Å². The highest BCUT2D eigenvalue weighted by Gasteiger charge is 2.15. The predicted octanol–water partition coefficient (Wildman–Crippen LogP) is 1.33. The summed E-state index contributed by atoms with van der Waals surface area (Å²) in [5.41, 5.74) is 1.67. The number of aryl methyl sites for hydroxylation is 1. The topological polar surface area (TPSA) is 80.9 Å². The molecule has 0 aromatic carbocycles. The fourth-order valence-corrected chi connectivity index (χ4v) is 2.34. The number of aromatic amines is 1. The van der Waals surface area contributed by atoms with E-state index in [2.05, 4.69) is 43.0 Å². The smallest absolute Gasteiger partial charge is 0.328 e. The van der Waals surface area contributed by atoms with Crippen molar-refractivity contribution in [1.29, 1.82) is 0 Å². The van der Waals surface area contributed by atoms with Crippen LogP contribution in [-0.2, 0) is 6.54 Å². The maximum Gasteiger partial charge on any atom is 0.336 e. The number of imidazole rings is 1. The normalized spacial score (nSPS) is 11.7. The van der Waals surface area contributed by atoms with Crippen LogP contribution in [0.2, 0.25) is 0 Å². The van der Waals surface area contributed by atoms with Gasteiger partial charge in [-0.25, -0.2) is 14.2 Å². The highest BCUT2D eigenvalue weighted by atomic mass is 79.9. The first-order valence-electron chi connectivity index (χ1n) is 5.70. The van der Waals surface area contributed by atoms with Gasteiger partial charge in [-0.3, -0.25) is 4.57 Å². The van der Waals surface area contributed by atoms with E-state index >= 15 is 0 Å². The number of hydrogen-bond donors (Lipinski definition) is 1. The fourth-order valence-electron chi connectivity index (χ4n) is 1.97. The number of H-pyrrole nitrogens is 1. The third kappa shape index (κ3) is 1.56. The molecule has 1 N–H and O–H groups in total. The number of nitrogens with one attached hydrogen (secondary N) is 1. The monoisotopic (exact) mass is 310 g/mol. The first-order chi connectivity index (χ1) is 8.72. The van der Waals surface area contributed by atoms with Gasteiger partial charge in [-0.1, -0.05) is 13.3 Å². The molecule has 0 spiro atoms. The minimum Gasteiger partial charge on any atom is -0.328 e. The molecule has 0 aliphatic heterocycles. The number of nitrogens with zero attached hydrogens (tertiary/aromatic N) is 5. The minimum atomic E-state index is -0.157. The summed E-state index contributed by atoms with van der Waals surface area (Å²) in [5, 5.41) is 7.73. The van der Waals surface area contributed by atoms with Crippen LogP contribution in [0.5, 0.6) is 0 Å². The summed E-state index contributed by atoms with van der Waals surface area (Å²) in [6.45, 7) is 2.72. The molecule has 0 bridgehead atoms. The highest BCUT2D eigenvalue weighted by molar-refractivity contribution is 9.10. The molecule has 3 aromatic heterocycles. The second-order valence-electron chi connectivity index (χ2n) is 4.04. The lowest BCUT2D eigenvalue weighted by Gasteiger charge is -2.06. The third-order valence-corrected chi connectivity index (χ3v) is 3.23. The van der Waals surface area contributed by atoms with Gasteiger partial charge in [0.05, 0.1) is 0 Å². The molecule has 0 aliphatic rings. The van der Waals surface area contributed by atoms with Crippen LogP contribution in [0.25, 0.3) is 16.8 Å². The Kier molecular flexibility index (Phi) is 2.66. The molecule has 3 rings (SSSR count). The van der Waals surface area contributed by atoms with Crippen LogP contribution < -0.4 is 5.69 Å². The largest absolute Gasteiger partial charge is 0.336 e. The fraction of sp³-hybridized carbons (Fsp3) is 0.400. The van der Waals surface area contributed by atoms with E-state index in [1.54, 1.807) is 4.57 Å². The van der Waals surface area contributed by atoms with E-state index in [1.807, 2.05) is 0 Å². The molecule has 0 aliphatic carbocycles.